The Morgan fingerprint density at radius 2 is 2.18 bits per heavy atom. The molecule has 0 saturated carbocycles. The molecule has 4 nitrogen and oxygen atoms in total. The molecular weight excluding hydrogens is 214 g/mol. The lowest BCUT2D eigenvalue weighted by molar-refractivity contribution is -0.114. The van der Waals surface area contributed by atoms with Crippen molar-refractivity contribution >= 4 is 17.4 Å². The van der Waals surface area contributed by atoms with Gasteiger partial charge < -0.3 is 5.73 Å². The fourth-order valence-electron chi connectivity index (χ4n) is 2.22. The number of aryl methyl sites for hydroxylation is 1. The number of nitrogens with two attached hydrogens (primary N) is 1. The maximum Gasteiger partial charge on any atom is 0.257 e. The molecule has 0 bridgehead atoms. The van der Waals surface area contributed by atoms with Crippen LogP contribution in [0.3, 0.4) is 0 Å². The molecule has 4 heteroatoms. The highest BCUT2D eigenvalue weighted by Gasteiger charge is 2.19. The summed E-state index contributed by atoms with van der Waals surface area (Å²) < 4.78 is 0. The summed E-state index contributed by atoms with van der Waals surface area (Å²) in [6.07, 6.45) is 3.16. The second-order valence-electron chi connectivity index (χ2n) is 4.14. The molecule has 2 rings (SSSR count). The molecule has 0 unspecified atom stereocenters. The van der Waals surface area contributed by atoms with E-state index in [1.165, 1.54) is 11.1 Å². The molecule has 4 N–H and O–H groups in total. The first-order valence-corrected chi connectivity index (χ1v) is 5.55. The number of amides is 1. The van der Waals surface area contributed by atoms with E-state index < -0.39 is 5.91 Å². The van der Waals surface area contributed by atoms with Crippen LogP contribution in [0, 0.1) is 5.41 Å². The van der Waals surface area contributed by atoms with Crippen molar-refractivity contribution < 1.29 is 4.79 Å². The molecule has 0 spiro atoms. The lowest BCUT2D eigenvalue weighted by atomic mass is 9.97. The lowest BCUT2D eigenvalue weighted by Crippen LogP contribution is -2.36. The first-order valence-electron chi connectivity index (χ1n) is 5.55. The highest BCUT2D eigenvalue weighted by atomic mass is 16.1. The van der Waals surface area contributed by atoms with E-state index in [0.29, 0.717) is 5.57 Å². The number of fused-ring (bicyclic) bond motifs is 1. The molecule has 1 aliphatic carbocycles. The Hall–Kier alpha value is -2.10. The van der Waals surface area contributed by atoms with E-state index >= 15 is 0 Å². The summed E-state index contributed by atoms with van der Waals surface area (Å²) in [5.41, 5.74) is 8.88. The highest BCUT2D eigenvalue weighted by molar-refractivity contribution is 6.23. The standard InChI is InChI=1S/C13H15N3O/c1-8(12(17)16-13(14)15)10-6-2-4-9-5-3-7-11(9)10/h2,4,6H,1,3,5,7H2,(H4,14,15,16,17). The van der Waals surface area contributed by atoms with Crippen LogP contribution < -0.4 is 11.1 Å². The smallest absolute Gasteiger partial charge is 0.257 e. The van der Waals surface area contributed by atoms with Gasteiger partial charge in [-0.2, -0.15) is 0 Å². The molecule has 1 aromatic carbocycles. The van der Waals surface area contributed by atoms with E-state index in [2.05, 4.69) is 18.0 Å². The minimum atomic E-state index is -0.405. The Morgan fingerprint density at radius 3 is 2.88 bits per heavy atom. The monoisotopic (exact) mass is 229 g/mol. The number of rotatable bonds is 2. The van der Waals surface area contributed by atoms with Crippen LogP contribution in [0.25, 0.3) is 5.57 Å². The van der Waals surface area contributed by atoms with Gasteiger partial charge in [-0.1, -0.05) is 24.8 Å². The Balaban J connectivity index is 2.29. The SMILES string of the molecule is C=C(C(=O)NC(=N)N)c1cccc2c1CCC2. The van der Waals surface area contributed by atoms with Crippen molar-refractivity contribution in [3.8, 4) is 0 Å². The van der Waals surface area contributed by atoms with E-state index in [9.17, 15) is 4.79 Å². The van der Waals surface area contributed by atoms with Crippen LogP contribution in [0.4, 0.5) is 0 Å². The zero-order chi connectivity index (χ0) is 12.4. The van der Waals surface area contributed by atoms with Gasteiger partial charge >= 0.3 is 0 Å². The molecule has 1 aliphatic rings. The quantitative estimate of drug-likeness (QED) is 0.405. The zero-order valence-electron chi connectivity index (χ0n) is 9.55. The van der Waals surface area contributed by atoms with Crippen LogP contribution in [-0.2, 0) is 17.6 Å². The van der Waals surface area contributed by atoms with Gasteiger partial charge in [0.15, 0.2) is 5.96 Å². The predicted octanol–water partition coefficient (Wildman–Crippen LogP) is 1.20. The Bertz CT molecular complexity index is 505. The van der Waals surface area contributed by atoms with Crippen LogP contribution in [0.15, 0.2) is 24.8 Å². The van der Waals surface area contributed by atoms with E-state index in [4.69, 9.17) is 11.1 Å². The topological polar surface area (TPSA) is 79.0 Å². The van der Waals surface area contributed by atoms with Gasteiger partial charge in [-0.3, -0.25) is 15.5 Å². The van der Waals surface area contributed by atoms with Crippen molar-refractivity contribution in [1.82, 2.24) is 5.32 Å². The average Bonchev–Trinajstić information content (AvgIpc) is 2.74. The predicted molar refractivity (Wildman–Crippen MR) is 67.6 cm³/mol. The molecule has 1 amide bonds. The average molecular weight is 229 g/mol. The van der Waals surface area contributed by atoms with E-state index in [1.54, 1.807) is 0 Å². The highest BCUT2D eigenvalue weighted by Crippen LogP contribution is 2.28. The summed E-state index contributed by atoms with van der Waals surface area (Å²) >= 11 is 0. The van der Waals surface area contributed by atoms with Gasteiger partial charge in [0.05, 0.1) is 0 Å². The van der Waals surface area contributed by atoms with E-state index in [-0.39, 0.29) is 5.96 Å². The number of carbonyl (C=O) groups excluding carboxylic acids is 1. The van der Waals surface area contributed by atoms with Gasteiger partial charge in [-0.05, 0) is 36.0 Å². The maximum atomic E-state index is 11.7. The third-order valence-corrected chi connectivity index (χ3v) is 2.99. The Kier molecular flexibility index (Phi) is 2.95. The molecule has 0 atom stereocenters. The van der Waals surface area contributed by atoms with Crippen molar-refractivity contribution in [2.45, 2.75) is 19.3 Å². The third kappa shape index (κ3) is 2.20. The summed E-state index contributed by atoms with van der Waals surface area (Å²) in [4.78, 5) is 11.7. The fraction of sp³-hybridized carbons (Fsp3) is 0.231. The minimum absolute atomic E-state index is 0.358. The van der Waals surface area contributed by atoms with Crippen molar-refractivity contribution in [3.63, 3.8) is 0 Å². The molecule has 0 saturated heterocycles. The summed E-state index contributed by atoms with van der Waals surface area (Å²) in [5.74, 6) is -0.762. The fourth-order valence-corrected chi connectivity index (χ4v) is 2.22. The van der Waals surface area contributed by atoms with Gasteiger partial charge in [-0.25, -0.2) is 0 Å². The number of carbonyl (C=O) groups is 1. The van der Waals surface area contributed by atoms with Gasteiger partial charge in [0, 0.05) is 5.57 Å². The maximum absolute atomic E-state index is 11.7. The molecule has 0 heterocycles. The molecule has 0 radical (unpaired) electrons. The van der Waals surface area contributed by atoms with Gasteiger partial charge in [0.1, 0.15) is 0 Å². The summed E-state index contributed by atoms with van der Waals surface area (Å²) in [5, 5.41) is 9.29. The normalized spacial score (nSPS) is 12.9. The first-order chi connectivity index (χ1) is 8.09. The summed E-state index contributed by atoms with van der Waals surface area (Å²) in [7, 11) is 0. The molecular formula is C13H15N3O. The number of nitrogens with one attached hydrogen (secondary N) is 2. The number of guanidine groups is 1. The van der Waals surface area contributed by atoms with E-state index in [1.807, 2.05) is 12.1 Å². The van der Waals surface area contributed by atoms with Gasteiger partial charge in [0.25, 0.3) is 5.91 Å². The number of hydrogen-bond donors (Lipinski definition) is 3. The first kappa shape index (κ1) is 11.4. The van der Waals surface area contributed by atoms with Gasteiger partial charge in [-0.15, -0.1) is 0 Å². The Labute approximate surface area is 100 Å². The molecule has 88 valence electrons. The molecule has 0 fully saturated rings. The minimum Gasteiger partial charge on any atom is -0.370 e. The van der Waals surface area contributed by atoms with Crippen molar-refractivity contribution in [2.24, 2.45) is 5.73 Å². The zero-order valence-corrected chi connectivity index (χ0v) is 9.55. The van der Waals surface area contributed by atoms with Gasteiger partial charge in [0.2, 0.25) is 0 Å². The number of benzene rings is 1. The van der Waals surface area contributed by atoms with Crippen LogP contribution >= 0.6 is 0 Å². The van der Waals surface area contributed by atoms with Crippen LogP contribution in [0.1, 0.15) is 23.1 Å². The molecule has 1 aromatic rings. The Morgan fingerprint density at radius 1 is 1.41 bits per heavy atom. The molecule has 17 heavy (non-hydrogen) atoms. The van der Waals surface area contributed by atoms with E-state index in [0.717, 1.165) is 24.8 Å². The van der Waals surface area contributed by atoms with Crippen LogP contribution in [0.5, 0.6) is 0 Å². The van der Waals surface area contributed by atoms with Crippen LogP contribution in [0.2, 0.25) is 0 Å². The summed E-state index contributed by atoms with van der Waals surface area (Å²) in [6, 6.07) is 5.92. The van der Waals surface area contributed by atoms with Crippen molar-refractivity contribution in [2.75, 3.05) is 0 Å². The second-order valence-corrected chi connectivity index (χ2v) is 4.14. The third-order valence-electron chi connectivity index (χ3n) is 2.99. The largest absolute Gasteiger partial charge is 0.370 e. The lowest BCUT2D eigenvalue weighted by Gasteiger charge is -2.10. The second kappa shape index (κ2) is 4.41. The number of hydrogen-bond acceptors (Lipinski definition) is 2. The van der Waals surface area contributed by atoms with Crippen LogP contribution in [-0.4, -0.2) is 11.9 Å². The molecule has 0 aromatic heterocycles. The van der Waals surface area contributed by atoms with Crippen molar-refractivity contribution in [3.05, 3.63) is 41.5 Å². The van der Waals surface area contributed by atoms with Crippen molar-refractivity contribution in [1.29, 1.82) is 5.41 Å². The molecule has 0 aliphatic heterocycles. The summed E-state index contributed by atoms with van der Waals surface area (Å²) in [6.45, 7) is 3.79.